The molecule has 0 saturated heterocycles. The van der Waals surface area contributed by atoms with Gasteiger partial charge >= 0.3 is 5.97 Å². The third-order valence-electron chi connectivity index (χ3n) is 2.80. The summed E-state index contributed by atoms with van der Waals surface area (Å²) in [7, 11) is 0. The number of carboxylic acids is 1. The maximum Gasteiger partial charge on any atom is 0.339 e. The van der Waals surface area contributed by atoms with E-state index in [4.69, 9.17) is 9.84 Å². The summed E-state index contributed by atoms with van der Waals surface area (Å²) < 4.78 is 5.59. The summed E-state index contributed by atoms with van der Waals surface area (Å²) in [5.41, 5.74) is 0.212. The molecule has 0 aromatic heterocycles. The second-order valence-electron chi connectivity index (χ2n) is 4.14. The molecule has 0 atom stereocenters. The summed E-state index contributed by atoms with van der Waals surface area (Å²) >= 11 is 0. The van der Waals surface area contributed by atoms with Gasteiger partial charge in [-0.05, 0) is 25.1 Å². The molecule has 0 fully saturated rings. The lowest BCUT2D eigenvalue weighted by Crippen LogP contribution is -2.29. The molecule has 1 aromatic rings. The minimum Gasteiger partial charge on any atom is -0.478 e. The van der Waals surface area contributed by atoms with Gasteiger partial charge in [-0.1, -0.05) is 32.4 Å². The van der Waals surface area contributed by atoms with Crippen LogP contribution >= 0.6 is 0 Å². The van der Waals surface area contributed by atoms with E-state index in [2.05, 4.69) is 18.7 Å². The lowest BCUT2D eigenvalue weighted by molar-refractivity contribution is 0.0685. The van der Waals surface area contributed by atoms with Crippen LogP contribution in [0.15, 0.2) is 24.3 Å². The van der Waals surface area contributed by atoms with Gasteiger partial charge in [-0.15, -0.1) is 0 Å². The number of unbranched alkanes of at least 4 members (excludes halogenated alkanes) is 1. The Hall–Kier alpha value is -1.55. The van der Waals surface area contributed by atoms with Crippen molar-refractivity contribution in [2.75, 3.05) is 19.8 Å². The molecule has 0 saturated carbocycles. The number of carbonyl (C=O) groups is 1. The number of hydrogen-bond acceptors (Lipinski definition) is 3. The van der Waals surface area contributed by atoms with Crippen molar-refractivity contribution >= 4 is 5.97 Å². The average Bonchev–Trinajstić information content (AvgIpc) is 2.39. The molecule has 4 heteroatoms. The van der Waals surface area contributed by atoms with E-state index in [9.17, 15) is 4.79 Å². The standard InChI is InChI=1S/C14H21NO3/c1-3-5-10-15(4-2)11-18-13-9-7-6-8-12(13)14(16)17/h6-9H,3-5,10-11H2,1-2H3,(H,16,17). The summed E-state index contributed by atoms with van der Waals surface area (Å²) in [6.07, 6.45) is 2.26. The highest BCUT2D eigenvalue weighted by molar-refractivity contribution is 5.90. The summed E-state index contributed by atoms with van der Waals surface area (Å²) in [5.74, 6) is -0.526. The third kappa shape index (κ3) is 4.37. The monoisotopic (exact) mass is 251 g/mol. The number of benzene rings is 1. The Labute approximate surface area is 108 Å². The predicted molar refractivity (Wildman–Crippen MR) is 71.1 cm³/mol. The van der Waals surface area contributed by atoms with Crippen LogP contribution in [0.4, 0.5) is 0 Å². The smallest absolute Gasteiger partial charge is 0.339 e. The molecule has 0 radical (unpaired) electrons. The largest absolute Gasteiger partial charge is 0.478 e. The number of carboxylic acid groups (broad SMARTS) is 1. The number of hydrogen-bond donors (Lipinski definition) is 1. The Balaban J connectivity index is 2.59. The molecule has 100 valence electrons. The van der Waals surface area contributed by atoms with Crippen molar-refractivity contribution in [2.45, 2.75) is 26.7 Å². The number of rotatable bonds is 8. The molecule has 0 bridgehead atoms. The molecule has 0 heterocycles. The maximum absolute atomic E-state index is 11.0. The molecule has 0 unspecified atom stereocenters. The van der Waals surface area contributed by atoms with Crippen LogP contribution < -0.4 is 4.74 Å². The normalized spacial score (nSPS) is 10.6. The molecule has 0 amide bonds. The van der Waals surface area contributed by atoms with Gasteiger partial charge in [0.15, 0.2) is 0 Å². The quantitative estimate of drug-likeness (QED) is 0.722. The lowest BCUT2D eigenvalue weighted by Gasteiger charge is -2.20. The first-order valence-corrected chi connectivity index (χ1v) is 6.36. The van der Waals surface area contributed by atoms with Crippen molar-refractivity contribution in [3.05, 3.63) is 29.8 Å². The fourth-order valence-electron chi connectivity index (χ4n) is 1.63. The third-order valence-corrected chi connectivity index (χ3v) is 2.80. The van der Waals surface area contributed by atoms with Gasteiger partial charge in [-0.3, -0.25) is 4.90 Å². The molecule has 4 nitrogen and oxygen atoms in total. The highest BCUT2D eigenvalue weighted by Gasteiger charge is 2.11. The van der Waals surface area contributed by atoms with Crippen LogP contribution in [0.1, 0.15) is 37.0 Å². The number of para-hydroxylation sites is 1. The summed E-state index contributed by atoms with van der Waals surface area (Å²) in [6, 6.07) is 6.73. The average molecular weight is 251 g/mol. The molecular weight excluding hydrogens is 230 g/mol. The summed E-state index contributed by atoms with van der Waals surface area (Å²) in [5, 5.41) is 9.04. The van der Waals surface area contributed by atoms with Crippen LogP contribution in [0.3, 0.4) is 0 Å². The van der Waals surface area contributed by atoms with Crippen molar-refractivity contribution in [3.63, 3.8) is 0 Å². The number of ether oxygens (including phenoxy) is 1. The molecule has 1 N–H and O–H groups in total. The molecule has 0 aliphatic heterocycles. The van der Waals surface area contributed by atoms with Gasteiger partial charge in [0.05, 0.1) is 0 Å². The number of nitrogens with zero attached hydrogens (tertiary/aromatic N) is 1. The van der Waals surface area contributed by atoms with E-state index >= 15 is 0 Å². The first kappa shape index (κ1) is 14.5. The Morgan fingerprint density at radius 2 is 2.06 bits per heavy atom. The molecule has 0 aliphatic rings. The Kier molecular flexibility index (Phi) is 6.22. The van der Waals surface area contributed by atoms with E-state index in [-0.39, 0.29) is 5.56 Å². The maximum atomic E-state index is 11.0. The van der Waals surface area contributed by atoms with Crippen molar-refractivity contribution in [2.24, 2.45) is 0 Å². The zero-order chi connectivity index (χ0) is 13.4. The predicted octanol–water partition coefficient (Wildman–Crippen LogP) is 2.84. The van der Waals surface area contributed by atoms with E-state index in [0.717, 1.165) is 25.9 Å². The van der Waals surface area contributed by atoms with Crippen molar-refractivity contribution in [1.82, 2.24) is 4.90 Å². The SMILES string of the molecule is CCCCN(CC)COc1ccccc1C(=O)O. The van der Waals surface area contributed by atoms with E-state index in [1.54, 1.807) is 24.3 Å². The van der Waals surface area contributed by atoms with Crippen LogP contribution in [0.5, 0.6) is 5.75 Å². The molecule has 1 rings (SSSR count). The van der Waals surface area contributed by atoms with E-state index in [1.165, 1.54) is 0 Å². The molecular formula is C14H21NO3. The summed E-state index contributed by atoms with van der Waals surface area (Å²) in [4.78, 5) is 13.2. The van der Waals surface area contributed by atoms with Crippen LogP contribution in [0.2, 0.25) is 0 Å². The first-order valence-electron chi connectivity index (χ1n) is 6.36. The Bertz CT molecular complexity index is 379. The fourth-order valence-corrected chi connectivity index (χ4v) is 1.63. The zero-order valence-corrected chi connectivity index (χ0v) is 11.1. The van der Waals surface area contributed by atoms with Gasteiger partial charge in [-0.25, -0.2) is 4.79 Å². The van der Waals surface area contributed by atoms with E-state index in [1.807, 2.05) is 0 Å². The molecule has 0 spiro atoms. The van der Waals surface area contributed by atoms with Gasteiger partial charge < -0.3 is 9.84 Å². The minimum absolute atomic E-state index is 0.212. The second kappa shape index (κ2) is 7.71. The van der Waals surface area contributed by atoms with Crippen LogP contribution in [0.25, 0.3) is 0 Å². The second-order valence-corrected chi connectivity index (χ2v) is 4.14. The van der Waals surface area contributed by atoms with Crippen molar-refractivity contribution in [3.8, 4) is 5.75 Å². The van der Waals surface area contributed by atoms with Gasteiger partial charge in [-0.2, -0.15) is 0 Å². The van der Waals surface area contributed by atoms with Crippen LogP contribution in [-0.4, -0.2) is 35.8 Å². The lowest BCUT2D eigenvalue weighted by atomic mass is 10.2. The fraction of sp³-hybridized carbons (Fsp3) is 0.500. The zero-order valence-electron chi connectivity index (χ0n) is 11.1. The topological polar surface area (TPSA) is 49.8 Å². The van der Waals surface area contributed by atoms with Crippen LogP contribution in [0, 0.1) is 0 Å². The highest BCUT2D eigenvalue weighted by atomic mass is 16.5. The Morgan fingerprint density at radius 3 is 2.67 bits per heavy atom. The van der Waals surface area contributed by atoms with E-state index in [0.29, 0.717) is 12.5 Å². The van der Waals surface area contributed by atoms with Crippen LogP contribution in [-0.2, 0) is 0 Å². The highest BCUT2D eigenvalue weighted by Crippen LogP contribution is 2.17. The van der Waals surface area contributed by atoms with Gasteiger partial charge in [0.25, 0.3) is 0 Å². The summed E-state index contributed by atoms with van der Waals surface area (Å²) in [6.45, 7) is 6.52. The van der Waals surface area contributed by atoms with Crippen molar-refractivity contribution in [1.29, 1.82) is 0 Å². The molecule has 1 aromatic carbocycles. The van der Waals surface area contributed by atoms with Gasteiger partial charge in [0.1, 0.15) is 18.0 Å². The van der Waals surface area contributed by atoms with Gasteiger partial charge in [0.2, 0.25) is 0 Å². The minimum atomic E-state index is -0.956. The van der Waals surface area contributed by atoms with Crippen molar-refractivity contribution < 1.29 is 14.6 Å². The molecule has 0 aliphatic carbocycles. The first-order chi connectivity index (χ1) is 8.69. The van der Waals surface area contributed by atoms with Gasteiger partial charge in [0, 0.05) is 6.54 Å². The van der Waals surface area contributed by atoms with E-state index < -0.39 is 5.97 Å². The Morgan fingerprint density at radius 1 is 1.33 bits per heavy atom. The molecule has 18 heavy (non-hydrogen) atoms. The number of aromatic carboxylic acids is 1.